The predicted octanol–water partition coefficient (Wildman–Crippen LogP) is 2.55. The first-order valence-corrected chi connectivity index (χ1v) is 9.52. The number of esters is 1. The summed E-state index contributed by atoms with van der Waals surface area (Å²) in [6, 6.07) is 13.9. The topological polar surface area (TPSA) is 92.8 Å². The van der Waals surface area contributed by atoms with Crippen LogP contribution in [0.15, 0.2) is 61.2 Å². The number of carbonyl (C=O) groups is 4. The molecule has 1 heterocycles. The molecule has 2 aromatic rings. The normalized spacial score (nSPS) is 13.6. The van der Waals surface area contributed by atoms with E-state index in [9.17, 15) is 19.2 Å². The van der Waals surface area contributed by atoms with Crippen molar-refractivity contribution in [1.82, 2.24) is 10.2 Å². The fourth-order valence-electron chi connectivity index (χ4n) is 3.14. The van der Waals surface area contributed by atoms with Crippen LogP contribution in [0.1, 0.15) is 49.5 Å². The van der Waals surface area contributed by atoms with Crippen LogP contribution in [0.2, 0.25) is 0 Å². The third kappa shape index (κ3) is 4.46. The summed E-state index contributed by atoms with van der Waals surface area (Å²) in [5.74, 6) is -1.97. The molecule has 0 aromatic heterocycles. The van der Waals surface area contributed by atoms with Crippen molar-refractivity contribution in [3.05, 3.63) is 83.4 Å². The zero-order valence-corrected chi connectivity index (χ0v) is 16.6. The van der Waals surface area contributed by atoms with Gasteiger partial charge in [-0.3, -0.25) is 19.3 Å². The molecule has 0 radical (unpaired) electrons. The van der Waals surface area contributed by atoms with Gasteiger partial charge in [0.1, 0.15) is 0 Å². The highest BCUT2D eigenvalue weighted by Crippen LogP contribution is 2.24. The van der Waals surface area contributed by atoms with E-state index in [1.165, 1.54) is 24.3 Å². The number of nitrogens with zero attached hydrogens (tertiary/aromatic N) is 1. The molecule has 0 unspecified atom stereocenters. The van der Waals surface area contributed by atoms with Crippen molar-refractivity contribution in [2.45, 2.75) is 12.8 Å². The molecule has 0 spiro atoms. The lowest BCUT2D eigenvalue weighted by atomic mass is 10.0. The number of nitrogens with one attached hydrogen (secondary N) is 1. The standard InChI is InChI=1S/C23H22N2O5/c1-3-11-25-21(27)18-10-9-17(12-19(18)22(25)28)23(29)30-14-20(26)24-13-15(2)16-7-5-4-6-8-16/h3-10,12,15H,1,11,13-14H2,2H3,(H,24,26)/t15-/m0/s1. The van der Waals surface area contributed by atoms with Crippen LogP contribution in [0.5, 0.6) is 0 Å². The van der Waals surface area contributed by atoms with E-state index in [4.69, 9.17) is 4.74 Å². The Kier molecular flexibility index (Phi) is 6.41. The first kappa shape index (κ1) is 21.0. The zero-order chi connectivity index (χ0) is 21.7. The fraction of sp³-hybridized carbons (Fsp3) is 0.217. The second-order valence-electron chi connectivity index (χ2n) is 6.96. The van der Waals surface area contributed by atoms with Crippen molar-refractivity contribution in [3.8, 4) is 0 Å². The molecular formula is C23H22N2O5. The van der Waals surface area contributed by atoms with E-state index in [-0.39, 0.29) is 29.2 Å². The Bertz CT molecular complexity index is 1000. The number of hydrogen-bond acceptors (Lipinski definition) is 5. The molecule has 0 aliphatic carbocycles. The van der Waals surface area contributed by atoms with Gasteiger partial charge in [-0.2, -0.15) is 0 Å². The number of ether oxygens (including phenoxy) is 1. The highest BCUT2D eigenvalue weighted by Gasteiger charge is 2.35. The fourth-order valence-corrected chi connectivity index (χ4v) is 3.14. The van der Waals surface area contributed by atoms with Crippen molar-refractivity contribution < 1.29 is 23.9 Å². The Morgan fingerprint density at radius 2 is 1.80 bits per heavy atom. The Balaban J connectivity index is 1.54. The van der Waals surface area contributed by atoms with Gasteiger partial charge in [-0.05, 0) is 29.7 Å². The molecule has 0 fully saturated rings. The molecule has 0 saturated heterocycles. The highest BCUT2D eigenvalue weighted by molar-refractivity contribution is 6.22. The van der Waals surface area contributed by atoms with E-state index in [1.54, 1.807) is 0 Å². The van der Waals surface area contributed by atoms with Gasteiger partial charge in [0.05, 0.1) is 16.7 Å². The molecule has 3 amide bonds. The number of rotatable bonds is 8. The Morgan fingerprint density at radius 3 is 2.50 bits per heavy atom. The van der Waals surface area contributed by atoms with E-state index in [1.807, 2.05) is 37.3 Å². The van der Waals surface area contributed by atoms with E-state index in [0.717, 1.165) is 10.5 Å². The van der Waals surface area contributed by atoms with Crippen molar-refractivity contribution in [3.63, 3.8) is 0 Å². The van der Waals surface area contributed by atoms with Crippen LogP contribution in [0.3, 0.4) is 0 Å². The molecule has 1 N–H and O–H groups in total. The summed E-state index contributed by atoms with van der Waals surface area (Å²) < 4.78 is 5.05. The van der Waals surface area contributed by atoms with Gasteiger partial charge in [0.2, 0.25) is 0 Å². The Hall–Kier alpha value is -3.74. The van der Waals surface area contributed by atoms with E-state index < -0.39 is 30.3 Å². The van der Waals surface area contributed by atoms with Gasteiger partial charge in [-0.1, -0.05) is 43.3 Å². The van der Waals surface area contributed by atoms with E-state index in [0.29, 0.717) is 6.54 Å². The summed E-state index contributed by atoms with van der Waals surface area (Å²) in [4.78, 5) is 49.9. The second-order valence-corrected chi connectivity index (χ2v) is 6.96. The van der Waals surface area contributed by atoms with Gasteiger partial charge >= 0.3 is 5.97 Å². The second kappa shape index (κ2) is 9.17. The molecule has 7 nitrogen and oxygen atoms in total. The number of hydrogen-bond donors (Lipinski definition) is 1. The van der Waals surface area contributed by atoms with Gasteiger partial charge in [0, 0.05) is 13.1 Å². The third-order valence-corrected chi connectivity index (χ3v) is 4.83. The number of fused-ring (bicyclic) bond motifs is 1. The maximum atomic E-state index is 12.3. The van der Waals surface area contributed by atoms with Gasteiger partial charge in [0.15, 0.2) is 6.61 Å². The van der Waals surface area contributed by atoms with Crippen LogP contribution >= 0.6 is 0 Å². The molecule has 1 aliphatic heterocycles. The van der Waals surface area contributed by atoms with Crippen molar-refractivity contribution >= 4 is 23.7 Å². The maximum Gasteiger partial charge on any atom is 0.338 e. The molecule has 0 saturated carbocycles. The lowest BCUT2D eigenvalue weighted by Crippen LogP contribution is -2.31. The molecule has 1 aliphatic rings. The van der Waals surface area contributed by atoms with Crippen LogP contribution < -0.4 is 5.32 Å². The number of amides is 3. The minimum atomic E-state index is -0.744. The van der Waals surface area contributed by atoms with Crippen LogP contribution in [0.25, 0.3) is 0 Å². The highest BCUT2D eigenvalue weighted by atomic mass is 16.5. The number of carbonyl (C=O) groups excluding carboxylic acids is 4. The molecule has 30 heavy (non-hydrogen) atoms. The lowest BCUT2D eigenvalue weighted by Gasteiger charge is -2.13. The van der Waals surface area contributed by atoms with Crippen molar-refractivity contribution in [1.29, 1.82) is 0 Å². The minimum Gasteiger partial charge on any atom is -0.452 e. The average molecular weight is 406 g/mol. The largest absolute Gasteiger partial charge is 0.452 e. The Morgan fingerprint density at radius 1 is 1.10 bits per heavy atom. The minimum absolute atomic E-state index is 0.0910. The maximum absolute atomic E-state index is 12.3. The molecular weight excluding hydrogens is 384 g/mol. The van der Waals surface area contributed by atoms with Crippen LogP contribution in [0, 0.1) is 0 Å². The monoisotopic (exact) mass is 406 g/mol. The van der Waals surface area contributed by atoms with Crippen LogP contribution in [-0.2, 0) is 9.53 Å². The lowest BCUT2D eigenvalue weighted by molar-refractivity contribution is -0.124. The van der Waals surface area contributed by atoms with E-state index in [2.05, 4.69) is 11.9 Å². The Labute approximate surface area is 174 Å². The van der Waals surface area contributed by atoms with Crippen LogP contribution in [-0.4, -0.2) is 48.3 Å². The summed E-state index contributed by atoms with van der Waals surface area (Å²) in [6.07, 6.45) is 1.45. The van der Waals surface area contributed by atoms with Crippen molar-refractivity contribution in [2.75, 3.05) is 19.7 Å². The molecule has 0 bridgehead atoms. The molecule has 1 atom stereocenters. The van der Waals surface area contributed by atoms with E-state index >= 15 is 0 Å². The molecule has 7 heteroatoms. The van der Waals surface area contributed by atoms with Gasteiger partial charge in [-0.25, -0.2) is 4.79 Å². The summed E-state index contributed by atoms with van der Waals surface area (Å²) in [7, 11) is 0. The smallest absolute Gasteiger partial charge is 0.338 e. The van der Waals surface area contributed by atoms with Gasteiger partial charge in [0.25, 0.3) is 17.7 Å². The van der Waals surface area contributed by atoms with Crippen molar-refractivity contribution in [2.24, 2.45) is 0 Å². The summed E-state index contributed by atoms with van der Waals surface area (Å²) in [6.45, 7) is 5.58. The number of imide groups is 1. The zero-order valence-electron chi connectivity index (χ0n) is 16.6. The van der Waals surface area contributed by atoms with Gasteiger partial charge in [-0.15, -0.1) is 6.58 Å². The molecule has 2 aromatic carbocycles. The van der Waals surface area contributed by atoms with Gasteiger partial charge < -0.3 is 10.1 Å². The average Bonchev–Trinajstić information content (AvgIpc) is 3.01. The molecule has 154 valence electrons. The first-order valence-electron chi connectivity index (χ1n) is 9.52. The quantitative estimate of drug-likeness (QED) is 0.413. The summed E-state index contributed by atoms with van der Waals surface area (Å²) in [5, 5.41) is 2.73. The predicted molar refractivity (Wildman–Crippen MR) is 110 cm³/mol. The first-order chi connectivity index (χ1) is 14.4. The molecule has 3 rings (SSSR count). The SMILES string of the molecule is C=CCN1C(=O)c2ccc(C(=O)OCC(=O)NC[C@H](C)c3ccccc3)cc2C1=O. The number of benzene rings is 2. The van der Waals surface area contributed by atoms with Crippen LogP contribution in [0.4, 0.5) is 0 Å². The summed E-state index contributed by atoms with van der Waals surface area (Å²) >= 11 is 0. The summed E-state index contributed by atoms with van der Waals surface area (Å²) in [5.41, 5.74) is 1.56. The third-order valence-electron chi connectivity index (χ3n) is 4.83.